The van der Waals surface area contributed by atoms with E-state index in [-0.39, 0.29) is 30.3 Å². The van der Waals surface area contributed by atoms with Gasteiger partial charge in [0.15, 0.2) is 11.6 Å². The number of pyridine rings is 1. The fourth-order valence-electron chi connectivity index (χ4n) is 4.24. The lowest BCUT2D eigenvalue weighted by Gasteiger charge is -2.20. The van der Waals surface area contributed by atoms with E-state index in [1.165, 1.54) is 6.07 Å². The number of hydrogen-bond acceptors (Lipinski definition) is 6. The molecule has 0 radical (unpaired) electrons. The Morgan fingerprint density at radius 2 is 2.13 bits per heavy atom. The molecule has 4 N–H and O–H groups in total. The molecule has 0 saturated carbocycles. The van der Waals surface area contributed by atoms with E-state index in [1.807, 2.05) is 30.8 Å². The molecule has 31 heavy (non-hydrogen) atoms. The smallest absolute Gasteiger partial charge is 0.166 e. The van der Waals surface area contributed by atoms with Crippen molar-refractivity contribution in [3.05, 3.63) is 59.3 Å². The van der Waals surface area contributed by atoms with Crippen LogP contribution in [0.1, 0.15) is 42.2 Å². The van der Waals surface area contributed by atoms with Crippen LogP contribution in [-0.2, 0) is 0 Å². The highest BCUT2D eigenvalue weighted by Crippen LogP contribution is 2.33. The molecule has 1 fully saturated rings. The van der Waals surface area contributed by atoms with Crippen molar-refractivity contribution in [1.29, 1.82) is 0 Å². The van der Waals surface area contributed by atoms with Crippen LogP contribution in [0.5, 0.6) is 5.75 Å². The number of aromatic nitrogens is 3. The topological polar surface area (TPSA) is 98.2 Å². The van der Waals surface area contributed by atoms with Gasteiger partial charge in [0.1, 0.15) is 11.9 Å². The molecule has 1 aliphatic heterocycles. The summed E-state index contributed by atoms with van der Waals surface area (Å²) in [7, 11) is 0. The van der Waals surface area contributed by atoms with Gasteiger partial charge in [-0.05, 0) is 50.5 Å². The van der Waals surface area contributed by atoms with Crippen LogP contribution in [-0.4, -0.2) is 39.1 Å². The van der Waals surface area contributed by atoms with E-state index >= 15 is 0 Å². The van der Waals surface area contributed by atoms with Crippen molar-refractivity contribution < 1.29 is 14.2 Å². The minimum absolute atomic E-state index is 0.104. The van der Waals surface area contributed by atoms with E-state index in [1.54, 1.807) is 25.4 Å². The van der Waals surface area contributed by atoms with Crippen molar-refractivity contribution in [1.82, 2.24) is 20.1 Å². The van der Waals surface area contributed by atoms with Gasteiger partial charge in [-0.15, -0.1) is 0 Å². The summed E-state index contributed by atoms with van der Waals surface area (Å²) in [6.45, 7) is 6.46. The Morgan fingerprint density at radius 3 is 2.87 bits per heavy atom. The van der Waals surface area contributed by atoms with Gasteiger partial charge in [0.25, 0.3) is 0 Å². The Bertz CT molecular complexity index is 1080. The molecule has 0 amide bonds. The van der Waals surface area contributed by atoms with Gasteiger partial charge < -0.3 is 20.9 Å². The third-order valence-electron chi connectivity index (χ3n) is 5.99. The molecule has 8 heteroatoms. The van der Waals surface area contributed by atoms with Crippen LogP contribution >= 0.6 is 0 Å². The molecule has 3 aromatic rings. The number of nitrogen functional groups attached to an aromatic ring is 1. The van der Waals surface area contributed by atoms with Crippen molar-refractivity contribution in [3.8, 4) is 16.9 Å². The van der Waals surface area contributed by atoms with Crippen molar-refractivity contribution in [2.45, 2.75) is 45.4 Å². The quantitative estimate of drug-likeness (QED) is 0.560. The fourth-order valence-corrected chi connectivity index (χ4v) is 4.24. The Hall–Kier alpha value is -2.97. The van der Waals surface area contributed by atoms with Crippen LogP contribution in [0.25, 0.3) is 11.1 Å². The summed E-state index contributed by atoms with van der Waals surface area (Å²) in [5, 5.41) is 17.1. The van der Waals surface area contributed by atoms with Gasteiger partial charge in [-0.1, -0.05) is 6.07 Å². The Balaban J connectivity index is 1.57. The van der Waals surface area contributed by atoms with Gasteiger partial charge >= 0.3 is 0 Å². The zero-order chi connectivity index (χ0) is 22.1. The van der Waals surface area contributed by atoms with Crippen molar-refractivity contribution in [2.24, 2.45) is 0 Å². The Labute approximate surface area is 181 Å². The highest BCUT2D eigenvalue weighted by atomic mass is 19.1. The summed E-state index contributed by atoms with van der Waals surface area (Å²) in [6.07, 6.45) is 5.88. The molecular formula is C23H28FN5O2. The van der Waals surface area contributed by atoms with Gasteiger partial charge in [0.2, 0.25) is 0 Å². The zero-order valence-corrected chi connectivity index (χ0v) is 18.0. The lowest BCUT2D eigenvalue weighted by Crippen LogP contribution is -2.24. The number of hydrogen-bond donors (Lipinski definition) is 3. The first-order valence-electron chi connectivity index (χ1n) is 10.4. The molecule has 1 aliphatic rings. The van der Waals surface area contributed by atoms with Crippen LogP contribution in [0, 0.1) is 19.7 Å². The maximum absolute atomic E-state index is 14.1. The molecule has 1 saturated heterocycles. The molecule has 2 aromatic heterocycles. The summed E-state index contributed by atoms with van der Waals surface area (Å²) in [4.78, 5) is 4.29. The van der Waals surface area contributed by atoms with Crippen molar-refractivity contribution >= 4 is 5.82 Å². The molecule has 0 bridgehead atoms. The van der Waals surface area contributed by atoms with Gasteiger partial charge in [-0.2, -0.15) is 5.10 Å². The monoisotopic (exact) mass is 425 g/mol. The van der Waals surface area contributed by atoms with Gasteiger partial charge in [-0.25, -0.2) is 9.37 Å². The first kappa shape index (κ1) is 21.3. The van der Waals surface area contributed by atoms with Crippen LogP contribution in [0.2, 0.25) is 0 Å². The number of aliphatic hydroxyl groups is 1. The number of aliphatic hydroxyl groups excluding tert-OH is 1. The third-order valence-corrected chi connectivity index (χ3v) is 5.99. The number of nitrogens with zero attached hydrogens (tertiary/aromatic N) is 3. The minimum atomic E-state index is -0.391. The summed E-state index contributed by atoms with van der Waals surface area (Å²) < 4.78 is 22.1. The largest absolute Gasteiger partial charge is 0.482 e. The van der Waals surface area contributed by atoms with Crippen LogP contribution in [0.3, 0.4) is 0 Å². The SMILES string of the molecule is Cc1ccc(F)c(C)c1[C@@H](C)Oc1cc(-c2cnn(C3CN[C@H](CO)C3)c2)cnc1N. The first-order valence-corrected chi connectivity index (χ1v) is 10.4. The van der Waals surface area contributed by atoms with E-state index < -0.39 is 6.10 Å². The number of rotatable bonds is 6. The van der Waals surface area contributed by atoms with Crippen LogP contribution in [0.15, 0.2) is 36.8 Å². The summed E-state index contributed by atoms with van der Waals surface area (Å²) in [5.41, 5.74) is 10.1. The Kier molecular flexibility index (Phi) is 5.93. The standard InChI is InChI=1S/C23H28FN5O2/c1-13-4-5-20(24)14(2)22(13)15(3)31-21-6-16(8-27-23(21)25)17-9-28-29(11-17)19-7-18(12-30)26-10-19/h4-6,8-9,11,15,18-19,26,30H,7,10,12H2,1-3H3,(H2,25,27)/t15-,18+,19?/m1/s1. The van der Waals surface area contributed by atoms with Gasteiger partial charge in [0, 0.05) is 41.7 Å². The van der Waals surface area contributed by atoms with E-state index in [0.717, 1.165) is 35.2 Å². The molecule has 0 spiro atoms. The number of halogens is 1. The second-order valence-electron chi connectivity index (χ2n) is 8.16. The maximum Gasteiger partial charge on any atom is 0.166 e. The Morgan fingerprint density at radius 1 is 1.32 bits per heavy atom. The van der Waals surface area contributed by atoms with Crippen molar-refractivity contribution in [2.75, 3.05) is 18.9 Å². The summed E-state index contributed by atoms with van der Waals surface area (Å²) in [5.74, 6) is 0.470. The van der Waals surface area contributed by atoms with E-state index in [4.69, 9.17) is 10.5 Å². The summed E-state index contributed by atoms with van der Waals surface area (Å²) >= 11 is 0. The third kappa shape index (κ3) is 4.26. The molecule has 3 heterocycles. The number of nitrogens with two attached hydrogens (primary N) is 1. The van der Waals surface area contributed by atoms with Gasteiger partial charge in [-0.3, -0.25) is 4.68 Å². The molecule has 164 valence electrons. The van der Waals surface area contributed by atoms with Crippen molar-refractivity contribution in [3.63, 3.8) is 0 Å². The first-order chi connectivity index (χ1) is 14.9. The van der Waals surface area contributed by atoms with E-state index in [2.05, 4.69) is 15.4 Å². The predicted octanol–water partition coefficient (Wildman–Crippen LogP) is 3.32. The highest BCUT2D eigenvalue weighted by molar-refractivity contribution is 5.66. The number of nitrogens with one attached hydrogen (secondary N) is 1. The second kappa shape index (κ2) is 8.64. The van der Waals surface area contributed by atoms with Crippen LogP contribution < -0.4 is 15.8 Å². The fraction of sp³-hybridized carbons (Fsp3) is 0.391. The number of ether oxygens (including phenoxy) is 1. The average Bonchev–Trinajstić information content (AvgIpc) is 3.42. The highest BCUT2D eigenvalue weighted by Gasteiger charge is 2.25. The average molecular weight is 426 g/mol. The predicted molar refractivity (Wildman–Crippen MR) is 117 cm³/mol. The zero-order valence-electron chi connectivity index (χ0n) is 18.0. The maximum atomic E-state index is 14.1. The summed E-state index contributed by atoms with van der Waals surface area (Å²) in [6, 6.07) is 5.36. The molecular weight excluding hydrogens is 397 g/mol. The van der Waals surface area contributed by atoms with Gasteiger partial charge in [0.05, 0.1) is 18.8 Å². The van der Waals surface area contributed by atoms with E-state index in [0.29, 0.717) is 11.3 Å². The second-order valence-corrected chi connectivity index (χ2v) is 8.16. The molecule has 4 rings (SSSR count). The lowest BCUT2D eigenvalue weighted by atomic mass is 9.98. The molecule has 1 aromatic carbocycles. The molecule has 3 atom stereocenters. The normalized spacial score (nSPS) is 19.5. The number of anilines is 1. The number of benzene rings is 1. The number of aryl methyl sites for hydroxylation is 1. The molecule has 7 nitrogen and oxygen atoms in total. The van der Waals surface area contributed by atoms with Crippen LogP contribution in [0.4, 0.5) is 10.2 Å². The molecule has 1 unspecified atom stereocenters. The minimum Gasteiger partial charge on any atom is -0.482 e. The lowest BCUT2D eigenvalue weighted by molar-refractivity contribution is 0.225. The van der Waals surface area contributed by atoms with E-state index in [9.17, 15) is 9.50 Å². The molecule has 0 aliphatic carbocycles.